The van der Waals surface area contributed by atoms with E-state index in [9.17, 15) is 4.79 Å². The smallest absolute Gasteiger partial charge is 0.234 e. The number of nitrogens with two attached hydrogens (primary N) is 1. The van der Waals surface area contributed by atoms with Crippen LogP contribution in [0.4, 0.5) is 0 Å². The molecule has 1 saturated heterocycles. The molecule has 0 bridgehead atoms. The fraction of sp³-hybridized carbons (Fsp3) is 0.923. The van der Waals surface area contributed by atoms with Crippen molar-refractivity contribution >= 4 is 5.91 Å². The largest absolute Gasteiger partial charge is 0.350 e. The van der Waals surface area contributed by atoms with E-state index in [0.29, 0.717) is 12.6 Å². The molecule has 1 rings (SSSR count). The van der Waals surface area contributed by atoms with Crippen LogP contribution in [0.2, 0.25) is 0 Å². The van der Waals surface area contributed by atoms with E-state index in [4.69, 9.17) is 5.73 Å². The van der Waals surface area contributed by atoms with Crippen LogP contribution in [0, 0.1) is 0 Å². The van der Waals surface area contributed by atoms with Crippen LogP contribution in [0.5, 0.6) is 0 Å². The van der Waals surface area contributed by atoms with E-state index in [-0.39, 0.29) is 17.5 Å². The summed E-state index contributed by atoms with van der Waals surface area (Å²) in [5, 5.41) is 3.01. The monoisotopic (exact) mass is 241 g/mol. The summed E-state index contributed by atoms with van der Waals surface area (Å²) in [6.07, 6.45) is 3.34. The Bertz CT molecular complexity index is 258. The standard InChI is InChI=1S/C13H27N3O/c1-10(14)8-11-6-5-7-16(11)9-12(17)15-13(2,3)4/h10-11H,5-9,14H2,1-4H3,(H,15,17). The van der Waals surface area contributed by atoms with Crippen LogP contribution in [0.1, 0.15) is 47.0 Å². The summed E-state index contributed by atoms with van der Waals surface area (Å²) >= 11 is 0. The number of rotatable bonds is 4. The second-order valence-electron chi connectivity index (χ2n) is 6.28. The predicted octanol–water partition coefficient (Wildman–Crippen LogP) is 1.10. The van der Waals surface area contributed by atoms with Crippen LogP contribution in [-0.2, 0) is 4.79 Å². The molecule has 2 unspecified atom stereocenters. The maximum atomic E-state index is 11.9. The van der Waals surface area contributed by atoms with Gasteiger partial charge in [0.05, 0.1) is 6.54 Å². The molecule has 2 atom stereocenters. The van der Waals surface area contributed by atoms with Gasteiger partial charge in [0, 0.05) is 17.6 Å². The predicted molar refractivity (Wildman–Crippen MR) is 70.8 cm³/mol. The van der Waals surface area contributed by atoms with Crippen molar-refractivity contribution in [2.75, 3.05) is 13.1 Å². The molecule has 4 heteroatoms. The summed E-state index contributed by atoms with van der Waals surface area (Å²) in [7, 11) is 0. The van der Waals surface area contributed by atoms with Crippen LogP contribution < -0.4 is 11.1 Å². The van der Waals surface area contributed by atoms with Crippen molar-refractivity contribution in [3.8, 4) is 0 Å². The van der Waals surface area contributed by atoms with Crippen LogP contribution >= 0.6 is 0 Å². The first kappa shape index (κ1) is 14.5. The van der Waals surface area contributed by atoms with E-state index in [1.54, 1.807) is 0 Å². The molecule has 0 radical (unpaired) electrons. The van der Waals surface area contributed by atoms with E-state index in [0.717, 1.165) is 13.0 Å². The van der Waals surface area contributed by atoms with E-state index < -0.39 is 0 Å². The molecule has 17 heavy (non-hydrogen) atoms. The first-order valence-corrected chi connectivity index (χ1v) is 6.58. The minimum Gasteiger partial charge on any atom is -0.350 e. The minimum absolute atomic E-state index is 0.120. The third-order valence-corrected chi connectivity index (χ3v) is 3.00. The van der Waals surface area contributed by atoms with Crippen molar-refractivity contribution in [1.29, 1.82) is 0 Å². The Morgan fingerprint density at radius 2 is 2.18 bits per heavy atom. The lowest BCUT2D eigenvalue weighted by molar-refractivity contribution is -0.123. The van der Waals surface area contributed by atoms with Gasteiger partial charge >= 0.3 is 0 Å². The van der Waals surface area contributed by atoms with Gasteiger partial charge in [0.25, 0.3) is 0 Å². The van der Waals surface area contributed by atoms with Gasteiger partial charge in [-0.25, -0.2) is 0 Å². The molecule has 4 nitrogen and oxygen atoms in total. The number of hydrogen-bond donors (Lipinski definition) is 2. The highest BCUT2D eigenvalue weighted by molar-refractivity contribution is 5.78. The average molecular weight is 241 g/mol. The number of carbonyl (C=O) groups is 1. The van der Waals surface area contributed by atoms with Gasteiger partial charge in [0.15, 0.2) is 0 Å². The summed E-state index contributed by atoms with van der Waals surface area (Å²) in [6.45, 7) is 9.59. The number of amides is 1. The van der Waals surface area contributed by atoms with Crippen LogP contribution in [-0.4, -0.2) is 41.5 Å². The van der Waals surface area contributed by atoms with E-state index >= 15 is 0 Å². The Morgan fingerprint density at radius 3 is 2.71 bits per heavy atom. The molecule has 0 aromatic carbocycles. The number of likely N-dealkylation sites (tertiary alicyclic amines) is 1. The molecular formula is C13H27N3O. The van der Waals surface area contributed by atoms with E-state index in [1.165, 1.54) is 12.8 Å². The Morgan fingerprint density at radius 1 is 1.53 bits per heavy atom. The summed E-state index contributed by atoms with van der Waals surface area (Å²) < 4.78 is 0. The van der Waals surface area contributed by atoms with Crippen molar-refractivity contribution in [3.05, 3.63) is 0 Å². The second-order valence-corrected chi connectivity index (χ2v) is 6.28. The van der Waals surface area contributed by atoms with Crippen molar-refractivity contribution in [3.63, 3.8) is 0 Å². The highest BCUT2D eigenvalue weighted by atomic mass is 16.2. The van der Waals surface area contributed by atoms with Crippen molar-refractivity contribution in [2.45, 2.75) is 64.6 Å². The lowest BCUT2D eigenvalue weighted by Crippen LogP contribution is -2.47. The highest BCUT2D eigenvalue weighted by Gasteiger charge is 2.27. The third kappa shape index (κ3) is 5.50. The molecule has 100 valence electrons. The van der Waals surface area contributed by atoms with Gasteiger partial charge in [-0.05, 0) is 53.5 Å². The van der Waals surface area contributed by atoms with Gasteiger partial charge in [-0.2, -0.15) is 0 Å². The Hall–Kier alpha value is -0.610. The maximum absolute atomic E-state index is 11.9. The number of nitrogens with zero attached hydrogens (tertiary/aromatic N) is 1. The molecule has 1 aliphatic rings. The molecule has 1 aliphatic heterocycles. The molecule has 1 heterocycles. The van der Waals surface area contributed by atoms with Crippen LogP contribution in [0.25, 0.3) is 0 Å². The molecule has 0 aliphatic carbocycles. The zero-order valence-corrected chi connectivity index (χ0v) is 11.6. The van der Waals surface area contributed by atoms with Crippen molar-refractivity contribution in [2.24, 2.45) is 5.73 Å². The van der Waals surface area contributed by atoms with E-state index in [1.807, 2.05) is 27.7 Å². The molecule has 3 N–H and O–H groups in total. The topological polar surface area (TPSA) is 58.4 Å². The highest BCUT2D eigenvalue weighted by Crippen LogP contribution is 2.20. The lowest BCUT2D eigenvalue weighted by Gasteiger charge is -2.27. The van der Waals surface area contributed by atoms with Crippen LogP contribution in [0.3, 0.4) is 0 Å². The first-order chi connectivity index (χ1) is 7.78. The molecule has 0 aromatic rings. The normalized spacial score (nSPS) is 23.7. The molecular weight excluding hydrogens is 214 g/mol. The van der Waals surface area contributed by atoms with E-state index in [2.05, 4.69) is 10.2 Å². The Balaban J connectivity index is 2.42. The summed E-state index contributed by atoms with van der Waals surface area (Å²) in [5.74, 6) is 0.120. The van der Waals surface area contributed by atoms with Gasteiger partial charge in [-0.3, -0.25) is 9.69 Å². The van der Waals surface area contributed by atoms with Crippen molar-refractivity contribution < 1.29 is 4.79 Å². The SMILES string of the molecule is CC(N)CC1CCCN1CC(=O)NC(C)(C)C. The molecule has 0 spiro atoms. The maximum Gasteiger partial charge on any atom is 0.234 e. The zero-order valence-electron chi connectivity index (χ0n) is 11.6. The number of carbonyl (C=O) groups excluding carboxylic acids is 1. The minimum atomic E-state index is -0.145. The average Bonchev–Trinajstić information content (AvgIpc) is 2.47. The Kier molecular flexibility index (Phi) is 4.95. The number of hydrogen-bond acceptors (Lipinski definition) is 3. The van der Waals surface area contributed by atoms with Gasteiger partial charge < -0.3 is 11.1 Å². The summed E-state index contributed by atoms with van der Waals surface area (Å²) in [5.41, 5.74) is 5.69. The fourth-order valence-corrected chi connectivity index (χ4v) is 2.44. The number of nitrogens with one attached hydrogen (secondary N) is 1. The zero-order chi connectivity index (χ0) is 13.1. The first-order valence-electron chi connectivity index (χ1n) is 6.58. The summed E-state index contributed by atoms with van der Waals surface area (Å²) in [4.78, 5) is 14.1. The second kappa shape index (κ2) is 5.83. The van der Waals surface area contributed by atoms with Gasteiger partial charge in [0.2, 0.25) is 5.91 Å². The van der Waals surface area contributed by atoms with Gasteiger partial charge in [-0.15, -0.1) is 0 Å². The summed E-state index contributed by atoms with van der Waals surface area (Å²) in [6, 6.07) is 0.701. The molecule has 0 aromatic heterocycles. The molecule has 0 saturated carbocycles. The van der Waals surface area contributed by atoms with Gasteiger partial charge in [0.1, 0.15) is 0 Å². The third-order valence-electron chi connectivity index (χ3n) is 3.00. The van der Waals surface area contributed by atoms with Gasteiger partial charge in [-0.1, -0.05) is 0 Å². The quantitative estimate of drug-likeness (QED) is 0.775. The Labute approximate surface area is 105 Å². The van der Waals surface area contributed by atoms with Crippen molar-refractivity contribution in [1.82, 2.24) is 10.2 Å². The van der Waals surface area contributed by atoms with Crippen LogP contribution in [0.15, 0.2) is 0 Å². The molecule has 1 amide bonds. The lowest BCUT2D eigenvalue weighted by atomic mass is 10.1. The fourth-order valence-electron chi connectivity index (χ4n) is 2.44. The molecule has 1 fully saturated rings.